The van der Waals surface area contributed by atoms with Gasteiger partial charge < -0.3 is 14.8 Å². The maximum Gasteiger partial charge on any atom is 0.295 e. The van der Waals surface area contributed by atoms with E-state index in [2.05, 4.69) is 10.3 Å². The average molecular weight is 443 g/mol. The number of pyridine rings is 1. The Bertz CT molecular complexity index is 1150. The number of nitrogens with zero attached hydrogens (tertiary/aromatic N) is 3. The molecule has 0 unspecified atom stereocenters. The summed E-state index contributed by atoms with van der Waals surface area (Å²) in [5.41, 5.74) is 1.45. The van der Waals surface area contributed by atoms with Gasteiger partial charge in [0.25, 0.3) is 11.5 Å². The highest BCUT2D eigenvalue weighted by Crippen LogP contribution is 2.26. The van der Waals surface area contributed by atoms with Gasteiger partial charge >= 0.3 is 0 Å². The largest absolute Gasteiger partial charge is 0.473 e. The number of ether oxygens (including phenoxy) is 2. The first-order chi connectivity index (χ1) is 15.0. The van der Waals surface area contributed by atoms with Crippen molar-refractivity contribution in [2.75, 3.05) is 18.5 Å². The molecule has 162 valence electrons. The van der Waals surface area contributed by atoms with Crippen molar-refractivity contribution in [2.24, 2.45) is 7.05 Å². The van der Waals surface area contributed by atoms with Crippen molar-refractivity contribution in [3.8, 4) is 11.6 Å². The number of para-hydroxylation sites is 1. The lowest BCUT2D eigenvalue weighted by Crippen LogP contribution is -2.26. The Balaban J connectivity index is 1.55. The highest BCUT2D eigenvalue weighted by molar-refractivity contribution is 6.32. The Morgan fingerprint density at radius 1 is 1.26 bits per heavy atom. The SMILES string of the molecule is Cc1c(NC(=O)c2cnc(OC3CCOCC3)c(Cl)c2)c(=O)n(-c2ccccc2)n1C. The van der Waals surface area contributed by atoms with Gasteiger partial charge in [0.15, 0.2) is 0 Å². The maximum absolute atomic E-state index is 13.0. The molecule has 1 N–H and O–H groups in total. The molecule has 1 saturated heterocycles. The molecule has 8 nitrogen and oxygen atoms in total. The zero-order valence-corrected chi connectivity index (χ0v) is 18.1. The van der Waals surface area contributed by atoms with E-state index in [4.69, 9.17) is 21.1 Å². The van der Waals surface area contributed by atoms with E-state index in [1.807, 2.05) is 30.3 Å². The predicted molar refractivity (Wildman–Crippen MR) is 117 cm³/mol. The number of nitrogens with one attached hydrogen (secondary N) is 1. The molecule has 4 rings (SSSR count). The maximum atomic E-state index is 13.0. The number of aromatic nitrogens is 3. The van der Waals surface area contributed by atoms with Gasteiger partial charge in [0.05, 0.1) is 30.2 Å². The van der Waals surface area contributed by atoms with Crippen LogP contribution in [-0.2, 0) is 11.8 Å². The monoisotopic (exact) mass is 442 g/mol. The van der Waals surface area contributed by atoms with Gasteiger partial charge in [-0.05, 0) is 25.1 Å². The van der Waals surface area contributed by atoms with E-state index in [1.54, 1.807) is 18.7 Å². The summed E-state index contributed by atoms with van der Waals surface area (Å²) in [6.07, 6.45) is 2.91. The van der Waals surface area contributed by atoms with Gasteiger partial charge in [-0.3, -0.25) is 14.3 Å². The molecule has 1 amide bonds. The predicted octanol–water partition coefficient (Wildman–Crippen LogP) is 3.34. The molecule has 1 aromatic carbocycles. The van der Waals surface area contributed by atoms with Crippen LogP contribution in [0.3, 0.4) is 0 Å². The van der Waals surface area contributed by atoms with Crippen LogP contribution >= 0.6 is 11.6 Å². The number of amides is 1. The first-order valence-corrected chi connectivity index (χ1v) is 10.4. The molecule has 0 aliphatic carbocycles. The van der Waals surface area contributed by atoms with Gasteiger partial charge in [-0.2, -0.15) is 0 Å². The van der Waals surface area contributed by atoms with E-state index in [1.165, 1.54) is 16.9 Å². The third-order valence-corrected chi connectivity index (χ3v) is 5.58. The second kappa shape index (κ2) is 8.95. The molecular weight excluding hydrogens is 420 g/mol. The number of benzene rings is 1. The Labute approximate surface area is 184 Å². The molecule has 0 saturated carbocycles. The first-order valence-electron chi connectivity index (χ1n) is 10.0. The minimum Gasteiger partial charge on any atom is -0.473 e. The van der Waals surface area contributed by atoms with Gasteiger partial charge in [0, 0.05) is 26.1 Å². The average Bonchev–Trinajstić information content (AvgIpc) is 2.99. The normalized spacial score (nSPS) is 14.4. The molecule has 1 fully saturated rings. The number of hydrogen-bond donors (Lipinski definition) is 1. The summed E-state index contributed by atoms with van der Waals surface area (Å²) in [4.78, 5) is 30.0. The van der Waals surface area contributed by atoms with Gasteiger partial charge in [-0.15, -0.1) is 0 Å². The van der Waals surface area contributed by atoms with Crippen molar-refractivity contribution in [1.82, 2.24) is 14.3 Å². The standard InChI is InChI=1S/C22H23ClN4O4/c1-14-19(22(29)27(26(14)2)16-6-4-3-5-7-16)25-20(28)15-12-18(23)21(24-13-15)31-17-8-10-30-11-9-17/h3-7,12-13,17H,8-11H2,1-2H3,(H,25,28). The number of carbonyl (C=O) groups is 1. The molecule has 2 aromatic heterocycles. The molecule has 31 heavy (non-hydrogen) atoms. The van der Waals surface area contributed by atoms with Crippen LogP contribution in [-0.4, -0.2) is 39.6 Å². The van der Waals surface area contributed by atoms with Crippen molar-refractivity contribution in [3.05, 3.63) is 69.2 Å². The van der Waals surface area contributed by atoms with Crippen molar-refractivity contribution < 1.29 is 14.3 Å². The van der Waals surface area contributed by atoms with Crippen LogP contribution in [0.5, 0.6) is 5.88 Å². The smallest absolute Gasteiger partial charge is 0.295 e. The fourth-order valence-electron chi connectivity index (χ4n) is 3.49. The number of carbonyl (C=O) groups excluding carboxylic acids is 1. The zero-order valence-electron chi connectivity index (χ0n) is 17.3. The summed E-state index contributed by atoms with van der Waals surface area (Å²) in [7, 11) is 1.76. The lowest BCUT2D eigenvalue weighted by atomic mass is 10.1. The van der Waals surface area contributed by atoms with Crippen LogP contribution < -0.4 is 15.6 Å². The lowest BCUT2D eigenvalue weighted by molar-refractivity contribution is 0.0238. The van der Waals surface area contributed by atoms with Crippen molar-refractivity contribution >= 4 is 23.2 Å². The molecular formula is C22H23ClN4O4. The van der Waals surface area contributed by atoms with Crippen LogP contribution in [0.4, 0.5) is 5.69 Å². The van der Waals surface area contributed by atoms with Gasteiger partial charge in [0.1, 0.15) is 16.8 Å². The Morgan fingerprint density at radius 3 is 2.65 bits per heavy atom. The summed E-state index contributed by atoms with van der Waals surface area (Å²) < 4.78 is 14.3. The van der Waals surface area contributed by atoms with E-state index in [9.17, 15) is 9.59 Å². The lowest BCUT2D eigenvalue weighted by Gasteiger charge is -2.23. The Morgan fingerprint density at radius 2 is 1.97 bits per heavy atom. The van der Waals surface area contributed by atoms with Gasteiger partial charge in [-0.1, -0.05) is 29.8 Å². The summed E-state index contributed by atoms with van der Waals surface area (Å²) in [5, 5.41) is 2.95. The number of anilines is 1. The van der Waals surface area contributed by atoms with E-state index in [0.29, 0.717) is 24.6 Å². The summed E-state index contributed by atoms with van der Waals surface area (Å²) in [6.45, 7) is 3.05. The van der Waals surface area contributed by atoms with E-state index >= 15 is 0 Å². The third-order valence-electron chi connectivity index (χ3n) is 5.31. The highest BCUT2D eigenvalue weighted by Gasteiger charge is 2.21. The molecule has 1 aliphatic rings. The van der Waals surface area contributed by atoms with Crippen molar-refractivity contribution in [3.63, 3.8) is 0 Å². The highest BCUT2D eigenvalue weighted by atomic mass is 35.5. The molecule has 0 bridgehead atoms. The Hall–Kier alpha value is -3.10. The van der Waals surface area contributed by atoms with E-state index in [-0.39, 0.29) is 33.8 Å². The van der Waals surface area contributed by atoms with Crippen molar-refractivity contribution in [2.45, 2.75) is 25.9 Å². The molecule has 0 atom stereocenters. The first kappa shape index (κ1) is 21.1. The van der Waals surface area contributed by atoms with Gasteiger partial charge in [0.2, 0.25) is 5.88 Å². The number of rotatable bonds is 5. The topological polar surface area (TPSA) is 87.4 Å². The summed E-state index contributed by atoms with van der Waals surface area (Å²) >= 11 is 6.30. The van der Waals surface area contributed by atoms with Crippen molar-refractivity contribution in [1.29, 1.82) is 0 Å². The molecule has 0 radical (unpaired) electrons. The minimum atomic E-state index is -0.474. The number of halogens is 1. The van der Waals surface area contributed by atoms with Crippen LogP contribution in [0.25, 0.3) is 5.69 Å². The fraction of sp³-hybridized carbons (Fsp3) is 0.318. The summed E-state index contributed by atoms with van der Waals surface area (Å²) in [5.74, 6) is -0.189. The van der Waals surface area contributed by atoms with Crippen LogP contribution in [0, 0.1) is 6.92 Å². The quantitative estimate of drug-likeness (QED) is 0.654. The fourth-order valence-corrected chi connectivity index (χ4v) is 3.70. The van der Waals surface area contributed by atoms with E-state index < -0.39 is 5.91 Å². The molecule has 3 heterocycles. The second-order valence-corrected chi connectivity index (χ2v) is 7.74. The van der Waals surface area contributed by atoms with Crippen LogP contribution in [0.2, 0.25) is 5.02 Å². The van der Waals surface area contributed by atoms with E-state index in [0.717, 1.165) is 12.8 Å². The van der Waals surface area contributed by atoms with Crippen LogP contribution in [0.1, 0.15) is 28.9 Å². The molecule has 9 heteroatoms. The van der Waals surface area contributed by atoms with Crippen LogP contribution in [0.15, 0.2) is 47.4 Å². The minimum absolute atomic E-state index is 0.0122. The summed E-state index contributed by atoms with van der Waals surface area (Å²) in [6, 6.07) is 10.7. The molecule has 0 spiro atoms. The Kier molecular flexibility index (Phi) is 6.11. The van der Waals surface area contributed by atoms with Gasteiger partial charge in [-0.25, -0.2) is 9.67 Å². The second-order valence-electron chi connectivity index (χ2n) is 7.33. The third kappa shape index (κ3) is 4.35. The molecule has 1 aliphatic heterocycles. The number of hydrogen-bond acceptors (Lipinski definition) is 5. The zero-order chi connectivity index (χ0) is 22.0. The molecule has 3 aromatic rings.